The molecule has 0 bridgehead atoms. The van der Waals surface area contributed by atoms with E-state index in [2.05, 4.69) is 5.32 Å². The van der Waals surface area contributed by atoms with Crippen LogP contribution < -0.4 is 10.7 Å². The Bertz CT molecular complexity index is 1390. The van der Waals surface area contributed by atoms with Gasteiger partial charge in [-0.1, -0.05) is 36.4 Å². The maximum atomic E-state index is 12.9. The Hall–Kier alpha value is -3.45. The van der Waals surface area contributed by atoms with E-state index >= 15 is 0 Å². The third-order valence-corrected chi connectivity index (χ3v) is 6.49. The fourth-order valence-electron chi connectivity index (χ4n) is 3.76. The Balaban J connectivity index is 1.64. The minimum atomic E-state index is -3.27. The van der Waals surface area contributed by atoms with Crippen molar-refractivity contribution < 1.29 is 13.2 Å². The molecular formula is C24H22N2O4S. The number of fused-ring (bicyclic) bond motifs is 2. The van der Waals surface area contributed by atoms with Gasteiger partial charge in [0.05, 0.1) is 22.0 Å². The molecule has 0 saturated carbocycles. The van der Waals surface area contributed by atoms with E-state index < -0.39 is 9.84 Å². The molecule has 6 nitrogen and oxygen atoms in total. The van der Waals surface area contributed by atoms with Crippen molar-refractivity contribution >= 4 is 37.6 Å². The van der Waals surface area contributed by atoms with E-state index in [-0.39, 0.29) is 28.8 Å². The van der Waals surface area contributed by atoms with E-state index in [4.69, 9.17) is 0 Å². The SMILES string of the molecule is C[C@H](NC(=O)Cn1c2ccccc2c(=O)c2ccccc21)c1ccc(S(C)(=O)=O)cc1. The molecule has 158 valence electrons. The Morgan fingerprint density at radius 1 is 0.903 bits per heavy atom. The summed E-state index contributed by atoms with van der Waals surface area (Å²) in [5.74, 6) is -0.210. The van der Waals surface area contributed by atoms with Crippen molar-refractivity contribution in [3.63, 3.8) is 0 Å². The molecule has 31 heavy (non-hydrogen) atoms. The van der Waals surface area contributed by atoms with Gasteiger partial charge < -0.3 is 9.88 Å². The number of para-hydroxylation sites is 2. The second-order valence-corrected chi connectivity index (χ2v) is 9.60. The van der Waals surface area contributed by atoms with Crippen molar-refractivity contribution in [2.75, 3.05) is 6.26 Å². The number of nitrogens with zero attached hydrogens (tertiary/aromatic N) is 1. The molecule has 4 aromatic rings. The monoisotopic (exact) mass is 434 g/mol. The van der Waals surface area contributed by atoms with Crippen molar-refractivity contribution in [2.45, 2.75) is 24.4 Å². The number of hydrogen-bond donors (Lipinski definition) is 1. The van der Waals surface area contributed by atoms with Crippen LogP contribution in [0.15, 0.2) is 82.5 Å². The molecule has 3 aromatic carbocycles. The van der Waals surface area contributed by atoms with Crippen LogP contribution in [-0.2, 0) is 21.2 Å². The predicted molar refractivity (Wildman–Crippen MR) is 122 cm³/mol. The van der Waals surface area contributed by atoms with Crippen LogP contribution in [0.4, 0.5) is 0 Å². The van der Waals surface area contributed by atoms with Crippen LogP contribution in [0, 0.1) is 0 Å². The van der Waals surface area contributed by atoms with E-state index in [1.165, 1.54) is 12.1 Å². The molecule has 0 aliphatic rings. The molecule has 0 aliphatic heterocycles. The summed E-state index contributed by atoms with van der Waals surface area (Å²) in [5, 5.41) is 4.10. The minimum absolute atomic E-state index is 0.0487. The van der Waals surface area contributed by atoms with E-state index in [9.17, 15) is 18.0 Å². The number of amides is 1. The third-order valence-electron chi connectivity index (χ3n) is 5.37. The van der Waals surface area contributed by atoms with Crippen molar-refractivity contribution in [2.24, 2.45) is 0 Å². The minimum Gasteiger partial charge on any atom is -0.348 e. The highest BCUT2D eigenvalue weighted by molar-refractivity contribution is 7.90. The number of pyridine rings is 1. The topological polar surface area (TPSA) is 85.2 Å². The van der Waals surface area contributed by atoms with Crippen molar-refractivity contribution in [3.05, 3.63) is 88.6 Å². The number of sulfone groups is 1. The molecule has 1 amide bonds. The van der Waals surface area contributed by atoms with E-state index in [0.29, 0.717) is 21.8 Å². The summed E-state index contributed by atoms with van der Waals surface area (Å²) in [4.78, 5) is 26.0. The zero-order valence-electron chi connectivity index (χ0n) is 17.2. The van der Waals surface area contributed by atoms with Crippen molar-refractivity contribution in [1.29, 1.82) is 0 Å². The van der Waals surface area contributed by atoms with Gasteiger partial charge in [-0.2, -0.15) is 0 Å². The summed E-state index contributed by atoms with van der Waals surface area (Å²) in [6, 6.07) is 20.7. The molecule has 0 saturated heterocycles. The van der Waals surface area contributed by atoms with E-state index in [0.717, 1.165) is 11.8 Å². The van der Waals surface area contributed by atoms with Gasteiger partial charge >= 0.3 is 0 Å². The van der Waals surface area contributed by atoms with E-state index in [1.54, 1.807) is 24.3 Å². The van der Waals surface area contributed by atoms with Gasteiger partial charge in [0, 0.05) is 17.0 Å². The van der Waals surface area contributed by atoms with Crippen LogP contribution in [0.1, 0.15) is 18.5 Å². The summed E-state index contributed by atoms with van der Waals surface area (Å²) >= 11 is 0. The Morgan fingerprint density at radius 3 is 1.94 bits per heavy atom. The number of aromatic nitrogens is 1. The fraction of sp³-hybridized carbons (Fsp3) is 0.167. The molecule has 1 aromatic heterocycles. The molecule has 0 unspecified atom stereocenters. The summed E-state index contributed by atoms with van der Waals surface area (Å²) in [7, 11) is -3.27. The Morgan fingerprint density at radius 2 is 1.42 bits per heavy atom. The Labute approximate surface area is 180 Å². The van der Waals surface area contributed by atoms with Gasteiger partial charge in [-0.15, -0.1) is 0 Å². The average Bonchev–Trinajstić information content (AvgIpc) is 2.76. The summed E-state index contributed by atoms with van der Waals surface area (Å²) in [6.07, 6.45) is 1.16. The average molecular weight is 435 g/mol. The van der Waals surface area contributed by atoms with E-state index in [1.807, 2.05) is 47.9 Å². The van der Waals surface area contributed by atoms with Gasteiger partial charge in [0.15, 0.2) is 15.3 Å². The molecule has 1 N–H and O–H groups in total. The van der Waals surface area contributed by atoms with Gasteiger partial charge in [-0.05, 0) is 48.9 Å². The Kier molecular flexibility index (Phi) is 5.37. The zero-order valence-corrected chi connectivity index (χ0v) is 18.0. The van der Waals surface area contributed by atoms with Crippen LogP contribution in [-0.4, -0.2) is 25.1 Å². The number of hydrogen-bond acceptors (Lipinski definition) is 4. The lowest BCUT2D eigenvalue weighted by Crippen LogP contribution is -2.30. The fourth-order valence-corrected chi connectivity index (χ4v) is 4.40. The lowest BCUT2D eigenvalue weighted by molar-refractivity contribution is -0.122. The van der Waals surface area contributed by atoms with Crippen molar-refractivity contribution in [1.82, 2.24) is 9.88 Å². The number of carbonyl (C=O) groups is 1. The quantitative estimate of drug-likeness (QED) is 0.488. The van der Waals surface area contributed by atoms with Crippen LogP contribution in [0.2, 0.25) is 0 Å². The predicted octanol–water partition coefficient (Wildman–Crippen LogP) is 3.44. The first-order chi connectivity index (χ1) is 14.8. The first-order valence-electron chi connectivity index (χ1n) is 9.85. The van der Waals surface area contributed by atoms with Crippen LogP contribution >= 0.6 is 0 Å². The van der Waals surface area contributed by atoms with Crippen LogP contribution in [0.3, 0.4) is 0 Å². The molecule has 0 spiro atoms. The normalized spacial score (nSPS) is 12.7. The van der Waals surface area contributed by atoms with Gasteiger partial charge in [0.2, 0.25) is 5.91 Å². The number of rotatable bonds is 5. The van der Waals surface area contributed by atoms with Crippen LogP contribution in [0.5, 0.6) is 0 Å². The first-order valence-corrected chi connectivity index (χ1v) is 11.7. The standard InChI is InChI=1S/C24H22N2O4S/c1-16(17-11-13-18(14-12-17)31(2,29)30)25-23(27)15-26-21-9-5-3-7-19(21)24(28)20-8-4-6-10-22(20)26/h3-14,16H,15H2,1-2H3,(H,25,27)/t16-/m0/s1. The smallest absolute Gasteiger partial charge is 0.240 e. The molecular weight excluding hydrogens is 412 g/mol. The number of benzene rings is 3. The molecule has 0 radical (unpaired) electrons. The third kappa shape index (κ3) is 4.09. The largest absolute Gasteiger partial charge is 0.348 e. The molecule has 4 rings (SSSR count). The van der Waals surface area contributed by atoms with Gasteiger partial charge in [0.1, 0.15) is 6.54 Å². The lowest BCUT2D eigenvalue weighted by atomic mass is 10.1. The lowest BCUT2D eigenvalue weighted by Gasteiger charge is -2.18. The maximum Gasteiger partial charge on any atom is 0.240 e. The maximum absolute atomic E-state index is 12.9. The number of nitrogens with one attached hydrogen (secondary N) is 1. The highest BCUT2D eigenvalue weighted by Gasteiger charge is 2.15. The van der Waals surface area contributed by atoms with Gasteiger partial charge in [-0.25, -0.2) is 8.42 Å². The van der Waals surface area contributed by atoms with Crippen LogP contribution in [0.25, 0.3) is 21.8 Å². The summed E-state index contributed by atoms with van der Waals surface area (Å²) < 4.78 is 25.1. The zero-order chi connectivity index (χ0) is 22.2. The molecule has 0 fully saturated rings. The summed E-state index contributed by atoms with van der Waals surface area (Å²) in [5.41, 5.74) is 2.15. The van der Waals surface area contributed by atoms with Crippen molar-refractivity contribution in [3.8, 4) is 0 Å². The second-order valence-electron chi connectivity index (χ2n) is 7.58. The second kappa shape index (κ2) is 8.00. The molecule has 1 heterocycles. The summed E-state index contributed by atoms with van der Waals surface area (Å²) in [6.45, 7) is 1.89. The van der Waals surface area contributed by atoms with Gasteiger partial charge in [0.25, 0.3) is 0 Å². The molecule has 7 heteroatoms. The number of carbonyl (C=O) groups excluding carboxylic acids is 1. The molecule has 1 atom stereocenters. The van der Waals surface area contributed by atoms with Gasteiger partial charge in [-0.3, -0.25) is 9.59 Å². The first kappa shape index (κ1) is 20.8. The highest BCUT2D eigenvalue weighted by Crippen LogP contribution is 2.20. The highest BCUT2D eigenvalue weighted by atomic mass is 32.2. The molecule has 0 aliphatic carbocycles.